The van der Waals surface area contributed by atoms with Gasteiger partial charge in [-0.2, -0.15) is 5.10 Å². The molecule has 0 saturated carbocycles. The zero-order valence-electron chi connectivity index (χ0n) is 15.6. The number of nitrogens with zero attached hydrogens (tertiary/aromatic N) is 6. The summed E-state index contributed by atoms with van der Waals surface area (Å²) in [5, 5.41) is 12.7. The lowest BCUT2D eigenvalue weighted by Crippen LogP contribution is -2.37. The van der Waals surface area contributed by atoms with E-state index in [0.717, 1.165) is 43.3 Å². The minimum Gasteiger partial charge on any atom is -0.419 e. The highest BCUT2D eigenvalue weighted by molar-refractivity contribution is 5.51. The zero-order chi connectivity index (χ0) is 18.8. The monoisotopic (exact) mass is 370 g/mol. The van der Waals surface area contributed by atoms with E-state index in [4.69, 9.17) is 4.42 Å². The molecule has 3 aromatic rings. The molecule has 7 nitrogen and oxygen atoms in total. The Bertz CT molecular complexity index is 903. The number of hydrogen-bond acceptors (Lipinski definition) is 6. The summed E-state index contributed by atoms with van der Waals surface area (Å²) in [5.41, 5.74) is 0.726. The van der Waals surface area contributed by atoms with Crippen molar-refractivity contribution in [2.75, 3.05) is 13.1 Å². The summed E-state index contributed by atoms with van der Waals surface area (Å²) in [5.74, 6) is 3.04. The predicted molar refractivity (Wildman–Crippen MR) is 97.2 cm³/mol. The van der Waals surface area contributed by atoms with Gasteiger partial charge in [-0.05, 0) is 63.4 Å². The minimum absolute atomic E-state index is 0.282. The van der Waals surface area contributed by atoms with Crippen LogP contribution in [-0.4, -0.2) is 43.0 Å². The first-order valence-corrected chi connectivity index (χ1v) is 9.25. The topological polar surface area (TPSA) is 72.9 Å². The molecule has 0 radical (unpaired) electrons. The predicted octanol–water partition coefficient (Wildman–Crippen LogP) is 3.00. The first-order valence-electron chi connectivity index (χ1n) is 9.25. The van der Waals surface area contributed by atoms with E-state index in [-0.39, 0.29) is 5.82 Å². The molecule has 1 aromatic carbocycles. The van der Waals surface area contributed by atoms with Crippen LogP contribution in [0.3, 0.4) is 0 Å². The van der Waals surface area contributed by atoms with Gasteiger partial charge in [0.15, 0.2) is 0 Å². The van der Waals surface area contributed by atoms with Crippen LogP contribution in [0.5, 0.6) is 0 Å². The van der Waals surface area contributed by atoms with Crippen molar-refractivity contribution in [3.63, 3.8) is 0 Å². The summed E-state index contributed by atoms with van der Waals surface area (Å²) < 4.78 is 20.8. The zero-order valence-corrected chi connectivity index (χ0v) is 15.6. The molecule has 0 spiro atoms. The number of halogens is 1. The lowest BCUT2D eigenvalue weighted by Gasteiger charge is -2.31. The largest absolute Gasteiger partial charge is 0.419 e. The third-order valence-corrected chi connectivity index (χ3v) is 4.91. The van der Waals surface area contributed by atoms with Crippen LogP contribution in [0.25, 0.3) is 11.5 Å². The van der Waals surface area contributed by atoms with Gasteiger partial charge in [-0.1, -0.05) is 0 Å². The lowest BCUT2D eigenvalue weighted by atomic mass is 9.98. The smallest absolute Gasteiger partial charge is 0.247 e. The summed E-state index contributed by atoms with van der Waals surface area (Å²) in [6.45, 7) is 7.40. The van der Waals surface area contributed by atoms with Crippen LogP contribution in [0.15, 0.2) is 28.7 Å². The van der Waals surface area contributed by atoms with Crippen molar-refractivity contribution in [2.45, 2.75) is 39.8 Å². The van der Waals surface area contributed by atoms with E-state index in [9.17, 15) is 4.39 Å². The van der Waals surface area contributed by atoms with E-state index in [1.165, 1.54) is 18.6 Å². The Morgan fingerprint density at radius 2 is 2.00 bits per heavy atom. The normalized spacial score (nSPS) is 18.1. The van der Waals surface area contributed by atoms with Crippen LogP contribution in [0, 0.1) is 25.6 Å². The molecule has 142 valence electrons. The second-order valence-electron chi connectivity index (χ2n) is 7.14. The van der Waals surface area contributed by atoms with Crippen LogP contribution >= 0.6 is 0 Å². The van der Waals surface area contributed by atoms with E-state index in [0.29, 0.717) is 24.2 Å². The standard InChI is InChI=1S/C19H23FN6O/c1-13-21-14(2)26(24-13)11-15-4-3-9-25(10-15)12-18-22-23-19(27-18)16-5-7-17(20)8-6-16/h5-8,15H,3-4,9-12H2,1-2H3. The van der Waals surface area contributed by atoms with Crippen LogP contribution < -0.4 is 0 Å². The van der Waals surface area contributed by atoms with E-state index >= 15 is 0 Å². The van der Waals surface area contributed by atoms with Gasteiger partial charge in [0.25, 0.3) is 0 Å². The molecule has 1 fully saturated rings. The molecule has 1 aliphatic heterocycles. The Balaban J connectivity index is 1.38. The number of rotatable bonds is 5. The Kier molecular flexibility index (Phi) is 4.98. The third kappa shape index (κ3) is 4.21. The number of benzene rings is 1. The van der Waals surface area contributed by atoms with Crippen molar-refractivity contribution in [2.24, 2.45) is 5.92 Å². The molecule has 1 atom stereocenters. The maximum Gasteiger partial charge on any atom is 0.247 e. The Labute approximate surface area is 157 Å². The van der Waals surface area contributed by atoms with Gasteiger partial charge < -0.3 is 4.42 Å². The molecule has 0 bridgehead atoms. The van der Waals surface area contributed by atoms with Gasteiger partial charge in [-0.15, -0.1) is 10.2 Å². The molecule has 1 unspecified atom stereocenters. The maximum absolute atomic E-state index is 13.1. The fourth-order valence-electron chi connectivity index (χ4n) is 3.64. The fourth-order valence-corrected chi connectivity index (χ4v) is 3.64. The molecule has 0 N–H and O–H groups in total. The van der Waals surface area contributed by atoms with Crippen molar-refractivity contribution in [3.05, 3.63) is 47.6 Å². The Morgan fingerprint density at radius 1 is 1.19 bits per heavy atom. The average Bonchev–Trinajstić information content (AvgIpc) is 3.22. The molecule has 3 heterocycles. The van der Waals surface area contributed by atoms with Crippen molar-refractivity contribution in [1.82, 2.24) is 29.9 Å². The van der Waals surface area contributed by atoms with Crippen molar-refractivity contribution in [3.8, 4) is 11.5 Å². The van der Waals surface area contributed by atoms with Crippen LogP contribution in [0.2, 0.25) is 0 Å². The van der Waals surface area contributed by atoms with E-state index in [1.807, 2.05) is 18.5 Å². The number of piperidine rings is 1. The van der Waals surface area contributed by atoms with Crippen LogP contribution in [0.4, 0.5) is 4.39 Å². The molecule has 0 aliphatic carbocycles. The SMILES string of the molecule is Cc1nc(C)n(CC2CCCN(Cc3nnc(-c4ccc(F)cc4)o3)C2)n1. The summed E-state index contributed by atoms with van der Waals surface area (Å²) in [6, 6.07) is 6.07. The minimum atomic E-state index is -0.282. The number of hydrogen-bond donors (Lipinski definition) is 0. The second-order valence-corrected chi connectivity index (χ2v) is 7.14. The quantitative estimate of drug-likeness (QED) is 0.687. The summed E-state index contributed by atoms with van der Waals surface area (Å²) in [6.07, 6.45) is 2.32. The molecule has 4 rings (SSSR count). The Morgan fingerprint density at radius 3 is 2.74 bits per heavy atom. The Hall–Kier alpha value is -2.61. The molecule has 1 saturated heterocycles. The maximum atomic E-state index is 13.1. The van der Waals surface area contributed by atoms with Crippen molar-refractivity contribution in [1.29, 1.82) is 0 Å². The fraction of sp³-hybridized carbons (Fsp3) is 0.474. The summed E-state index contributed by atoms with van der Waals surface area (Å²) in [4.78, 5) is 6.72. The number of aromatic nitrogens is 5. The molecular weight excluding hydrogens is 347 g/mol. The van der Waals surface area contributed by atoms with Gasteiger partial charge in [-0.25, -0.2) is 14.1 Å². The lowest BCUT2D eigenvalue weighted by molar-refractivity contribution is 0.142. The molecule has 0 amide bonds. The first-order chi connectivity index (χ1) is 13.1. The highest BCUT2D eigenvalue weighted by Crippen LogP contribution is 2.22. The van der Waals surface area contributed by atoms with Crippen LogP contribution in [-0.2, 0) is 13.1 Å². The van der Waals surface area contributed by atoms with Crippen molar-refractivity contribution < 1.29 is 8.81 Å². The van der Waals surface area contributed by atoms with Crippen LogP contribution in [0.1, 0.15) is 30.4 Å². The highest BCUT2D eigenvalue weighted by Gasteiger charge is 2.23. The van der Waals surface area contributed by atoms with Gasteiger partial charge in [0.2, 0.25) is 11.8 Å². The van der Waals surface area contributed by atoms with Gasteiger partial charge in [-0.3, -0.25) is 4.90 Å². The van der Waals surface area contributed by atoms with E-state index < -0.39 is 0 Å². The van der Waals surface area contributed by atoms with Crippen molar-refractivity contribution >= 4 is 0 Å². The highest BCUT2D eigenvalue weighted by atomic mass is 19.1. The van der Waals surface area contributed by atoms with Gasteiger partial charge >= 0.3 is 0 Å². The molecule has 2 aromatic heterocycles. The van der Waals surface area contributed by atoms with E-state index in [1.54, 1.807) is 12.1 Å². The van der Waals surface area contributed by atoms with Gasteiger partial charge in [0.05, 0.1) is 6.54 Å². The molecular formula is C19H23FN6O. The number of aryl methyl sites for hydroxylation is 2. The van der Waals surface area contributed by atoms with Gasteiger partial charge in [0, 0.05) is 18.7 Å². The van der Waals surface area contributed by atoms with Gasteiger partial charge in [0.1, 0.15) is 17.5 Å². The third-order valence-electron chi connectivity index (χ3n) is 4.91. The molecule has 27 heavy (non-hydrogen) atoms. The van der Waals surface area contributed by atoms with E-state index in [2.05, 4.69) is 25.2 Å². The number of likely N-dealkylation sites (tertiary alicyclic amines) is 1. The first kappa shape index (κ1) is 17.8. The second kappa shape index (κ2) is 7.56. The average molecular weight is 370 g/mol. The molecule has 8 heteroatoms. The summed E-state index contributed by atoms with van der Waals surface area (Å²) >= 11 is 0. The summed E-state index contributed by atoms with van der Waals surface area (Å²) in [7, 11) is 0. The molecule has 1 aliphatic rings.